The Morgan fingerprint density at radius 1 is 1.13 bits per heavy atom. The van der Waals surface area contributed by atoms with Gasteiger partial charge in [0.05, 0.1) is 28.6 Å². The summed E-state index contributed by atoms with van der Waals surface area (Å²) in [4.78, 5) is 16.9. The number of carbonyl (C=O) groups excluding carboxylic acids is 1. The normalized spacial score (nSPS) is 11.0. The molecule has 6 nitrogen and oxygen atoms in total. The molecule has 0 aliphatic carbocycles. The number of halogens is 1. The Bertz CT molecular complexity index is 1210. The number of nitrogens with zero attached hydrogens (tertiary/aromatic N) is 2. The Balaban J connectivity index is 1.47. The minimum absolute atomic E-state index is 0.353. The maximum atomic E-state index is 12.4. The first kappa shape index (κ1) is 21.0. The number of benzene rings is 3. The summed E-state index contributed by atoms with van der Waals surface area (Å²) in [6.07, 6.45) is 1.66. The van der Waals surface area contributed by atoms with Gasteiger partial charge in [0.1, 0.15) is 0 Å². The van der Waals surface area contributed by atoms with Crippen LogP contribution in [0.1, 0.15) is 22.8 Å². The molecule has 1 N–H and O–H groups in total. The van der Waals surface area contributed by atoms with Crippen molar-refractivity contribution >= 4 is 54.8 Å². The Hall–Kier alpha value is -3.23. The fourth-order valence-corrected chi connectivity index (χ4v) is 3.86. The lowest BCUT2D eigenvalue weighted by molar-refractivity contribution is 0.0728. The second-order valence-corrected chi connectivity index (χ2v) is 8.34. The van der Waals surface area contributed by atoms with Gasteiger partial charge in [0, 0.05) is 4.47 Å². The SMILES string of the molecule is CCOc1cc(/C=N\Nc2nc3ccccc3s2)ccc1OC(=O)c1ccc(Br)cc1. The summed E-state index contributed by atoms with van der Waals surface area (Å²) >= 11 is 4.88. The number of thiazole rings is 1. The number of aromatic nitrogens is 1. The first-order chi connectivity index (χ1) is 15.1. The van der Waals surface area contributed by atoms with Crippen LogP contribution in [0.15, 0.2) is 76.3 Å². The molecular formula is C23H18BrN3O3S. The molecule has 0 amide bonds. The van der Waals surface area contributed by atoms with Gasteiger partial charge in [0.2, 0.25) is 5.13 Å². The highest BCUT2D eigenvalue weighted by Crippen LogP contribution is 2.29. The number of hydrogen-bond acceptors (Lipinski definition) is 7. The Labute approximate surface area is 191 Å². The lowest BCUT2D eigenvalue weighted by Crippen LogP contribution is -2.09. The van der Waals surface area contributed by atoms with Gasteiger partial charge in [-0.3, -0.25) is 5.43 Å². The zero-order valence-electron chi connectivity index (χ0n) is 16.5. The molecule has 4 aromatic rings. The molecule has 3 aromatic carbocycles. The number of esters is 1. The summed E-state index contributed by atoms with van der Waals surface area (Å²) in [5, 5.41) is 4.97. The van der Waals surface area contributed by atoms with Gasteiger partial charge in [-0.05, 0) is 67.1 Å². The molecule has 156 valence electrons. The molecular weight excluding hydrogens is 478 g/mol. The van der Waals surface area contributed by atoms with Crippen LogP contribution >= 0.6 is 27.3 Å². The lowest BCUT2D eigenvalue weighted by atomic mass is 10.2. The van der Waals surface area contributed by atoms with Crippen molar-refractivity contribution in [3.8, 4) is 11.5 Å². The van der Waals surface area contributed by atoms with Gasteiger partial charge in [0.25, 0.3) is 0 Å². The summed E-state index contributed by atoms with van der Waals surface area (Å²) in [5.74, 6) is 0.371. The van der Waals surface area contributed by atoms with Crippen molar-refractivity contribution in [2.45, 2.75) is 6.92 Å². The van der Waals surface area contributed by atoms with E-state index in [2.05, 4.69) is 31.4 Å². The summed E-state index contributed by atoms with van der Waals surface area (Å²) in [7, 11) is 0. The highest BCUT2D eigenvalue weighted by atomic mass is 79.9. The van der Waals surface area contributed by atoms with Crippen LogP contribution in [0.3, 0.4) is 0 Å². The minimum atomic E-state index is -0.452. The molecule has 0 fully saturated rings. The maximum absolute atomic E-state index is 12.4. The van der Waals surface area contributed by atoms with Crippen molar-refractivity contribution in [2.75, 3.05) is 12.0 Å². The second kappa shape index (κ2) is 9.72. The second-order valence-electron chi connectivity index (χ2n) is 6.39. The molecule has 0 radical (unpaired) electrons. The molecule has 1 aromatic heterocycles. The predicted octanol–water partition coefficient (Wildman–Crippen LogP) is 6.12. The maximum Gasteiger partial charge on any atom is 0.343 e. The number of rotatable bonds is 7. The monoisotopic (exact) mass is 495 g/mol. The van der Waals surface area contributed by atoms with Crippen molar-refractivity contribution in [3.05, 3.63) is 82.3 Å². The summed E-state index contributed by atoms with van der Waals surface area (Å²) in [6.45, 7) is 2.31. The van der Waals surface area contributed by atoms with Gasteiger partial charge < -0.3 is 9.47 Å². The van der Waals surface area contributed by atoms with E-state index in [4.69, 9.17) is 9.47 Å². The zero-order valence-corrected chi connectivity index (χ0v) is 18.9. The van der Waals surface area contributed by atoms with Crippen LogP contribution in [-0.2, 0) is 0 Å². The van der Waals surface area contributed by atoms with E-state index in [9.17, 15) is 4.79 Å². The number of para-hydroxylation sites is 1. The van der Waals surface area contributed by atoms with E-state index in [-0.39, 0.29) is 0 Å². The third kappa shape index (κ3) is 5.28. The Kier molecular flexibility index (Phi) is 6.59. The van der Waals surface area contributed by atoms with Crippen molar-refractivity contribution < 1.29 is 14.3 Å². The van der Waals surface area contributed by atoms with Crippen LogP contribution < -0.4 is 14.9 Å². The van der Waals surface area contributed by atoms with Crippen LogP contribution in [0.25, 0.3) is 10.2 Å². The minimum Gasteiger partial charge on any atom is -0.490 e. The zero-order chi connectivity index (χ0) is 21.6. The first-order valence-electron chi connectivity index (χ1n) is 9.51. The van der Waals surface area contributed by atoms with E-state index in [0.29, 0.717) is 28.8 Å². The van der Waals surface area contributed by atoms with Gasteiger partial charge in [-0.2, -0.15) is 5.10 Å². The van der Waals surface area contributed by atoms with E-state index >= 15 is 0 Å². The van der Waals surface area contributed by atoms with E-state index in [0.717, 1.165) is 20.3 Å². The predicted molar refractivity (Wildman–Crippen MR) is 128 cm³/mol. The van der Waals surface area contributed by atoms with Gasteiger partial charge in [-0.25, -0.2) is 9.78 Å². The molecule has 4 rings (SSSR count). The molecule has 0 saturated carbocycles. The fourth-order valence-electron chi connectivity index (χ4n) is 2.78. The number of hydrogen-bond donors (Lipinski definition) is 1. The summed E-state index contributed by atoms with van der Waals surface area (Å²) in [5.41, 5.74) is 5.13. The molecule has 1 heterocycles. The largest absolute Gasteiger partial charge is 0.490 e. The summed E-state index contributed by atoms with van der Waals surface area (Å²) in [6, 6.07) is 20.2. The smallest absolute Gasteiger partial charge is 0.343 e. The topological polar surface area (TPSA) is 72.8 Å². The van der Waals surface area contributed by atoms with Crippen molar-refractivity contribution in [1.82, 2.24) is 4.98 Å². The average molecular weight is 496 g/mol. The molecule has 8 heteroatoms. The number of ether oxygens (including phenoxy) is 2. The quantitative estimate of drug-likeness (QED) is 0.144. The first-order valence-corrected chi connectivity index (χ1v) is 11.1. The van der Waals surface area contributed by atoms with E-state index in [1.807, 2.05) is 31.2 Å². The number of fused-ring (bicyclic) bond motifs is 1. The highest BCUT2D eigenvalue weighted by Gasteiger charge is 2.13. The molecule has 0 aliphatic rings. The average Bonchev–Trinajstić information content (AvgIpc) is 3.19. The number of carbonyl (C=O) groups is 1. The third-order valence-corrected chi connectivity index (χ3v) is 5.69. The molecule has 0 unspecified atom stereocenters. The molecule has 0 spiro atoms. The van der Waals surface area contributed by atoms with Gasteiger partial charge in [-0.15, -0.1) is 0 Å². The molecule has 31 heavy (non-hydrogen) atoms. The molecule has 0 saturated heterocycles. The van der Waals surface area contributed by atoms with E-state index < -0.39 is 5.97 Å². The lowest BCUT2D eigenvalue weighted by Gasteiger charge is -2.11. The fraction of sp³-hybridized carbons (Fsp3) is 0.0870. The highest BCUT2D eigenvalue weighted by molar-refractivity contribution is 9.10. The number of hydrazone groups is 1. The summed E-state index contributed by atoms with van der Waals surface area (Å²) < 4.78 is 13.2. The van der Waals surface area contributed by atoms with E-state index in [1.54, 1.807) is 48.7 Å². The van der Waals surface area contributed by atoms with Crippen LogP contribution in [0.4, 0.5) is 5.13 Å². The van der Waals surface area contributed by atoms with Gasteiger partial charge in [-0.1, -0.05) is 39.4 Å². The van der Waals surface area contributed by atoms with Gasteiger partial charge in [0.15, 0.2) is 11.5 Å². The van der Waals surface area contributed by atoms with Gasteiger partial charge >= 0.3 is 5.97 Å². The van der Waals surface area contributed by atoms with Crippen LogP contribution in [-0.4, -0.2) is 23.8 Å². The Morgan fingerprint density at radius 2 is 1.94 bits per heavy atom. The van der Waals surface area contributed by atoms with Crippen molar-refractivity contribution in [2.24, 2.45) is 5.10 Å². The van der Waals surface area contributed by atoms with Crippen molar-refractivity contribution in [1.29, 1.82) is 0 Å². The van der Waals surface area contributed by atoms with E-state index in [1.165, 1.54) is 11.3 Å². The number of nitrogens with one attached hydrogen (secondary N) is 1. The molecule has 0 aliphatic heterocycles. The van der Waals surface area contributed by atoms with Crippen LogP contribution in [0.5, 0.6) is 11.5 Å². The van der Waals surface area contributed by atoms with Crippen LogP contribution in [0, 0.1) is 0 Å². The Morgan fingerprint density at radius 3 is 2.71 bits per heavy atom. The third-order valence-electron chi connectivity index (χ3n) is 4.22. The standard InChI is InChI=1S/C23H18BrN3O3S/c1-2-29-20-13-15(14-25-27-23-26-18-5-3-4-6-21(18)31-23)7-12-19(20)30-22(28)16-8-10-17(24)11-9-16/h3-14H,2H2,1H3,(H,26,27)/b25-14-. The van der Waals surface area contributed by atoms with Crippen molar-refractivity contribution in [3.63, 3.8) is 0 Å². The molecule has 0 bridgehead atoms. The molecule has 0 atom stereocenters. The number of anilines is 1. The van der Waals surface area contributed by atoms with Crippen LogP contribution in [0.2, 0.25) is 0 Å².